The third kappa shape index (κ3) is 2.52. The number of hydrogen-bond donors (Lipinski definition) is 1. The zero-order valence-electron chi connectivity index (χ0n) is 9.30. The number of methoxy groups -OCH3 is 1. The van der Waals surface area contributed by atoms with Gasteiger partial charge in [-0.3, -0.25) is 0 Å². The molecule has 1 rings (SSSR count). The van der Waals surface area contributed by atoms with Crippen molar-refractivity contribution < 1.29 is 4.74 Å². The largest absolute Gasteiger partial charge is 0.496 e. The molecule has 15 heavy (non-hydrogen) atoms. The van der Waals surface area contributed by atoms with Crippen LogP contribution in [0, 0.1) is 13.8 Å². The summed E-state index contributed by atoms with van der Waals surface area (Å²) >= 11 is 6.11. The van der Waals surface area contributed by atoms with Gasteiger partial charge in [0.05, 0.1) is 7.11 Å². The van der Waals surface area contributed by atoms with Crippen LogP contribution in [0.3, 0.4) is 0 Å². The van der Waals surface area contributed by atoms with Crippen LogP contribution >= 0.6 is 11.6 Å². The first kappa shape index (κ1) is 12.1. The Morgan fingerprint density at radius 2 is 2.13 bits per heavy atom. The van der Waals surface area contributed by atoms with Crippen molar-refractivity contribution in [2.24, 2.45) is 5.73 Å². The molecule has 3 heteroatoms. The molecule has 1 aromatic rings. The van der Waals surface area contributed by atoms with Gasteiger partial charge in [0.25, 0.3) is 0 Å². The van der Waals surface area contributed by atoms with Gasteiger partial charge in [-0.1, -0.05) is 23.8 Å². The van der Waals surface area contributed by atoms with E-state index in [1.165, 1.54) is 0 Å². The smallest absolute Gasteiger partial charge is 0.129 e. The highest BCUT2D eigenvalue weighted by atomic mass is 35.5. The Morgan fingerprint density at radius 1 is 1.47 bits per heavy atom. The van der Waals surface area contributed by atoms with Crippen LogP contribution in [0.4, 0.5) is 0 Å². The van der Waals surface area contributed by atoms with Gasteiger partial charge in [-0.25, -0.2) is 0 Å². The lowest BCUT2D eigenvalue weighted by molar-refractivity contribution is 0.410. The molecule has 0 aromatic heterocycles. The first-order valence-electron chi connectivity index (χ1n) is 4.82. The van der Waals surface area contributed by atoms with E-state index in [-0.39, 0.29) is 0 Å². The van der Waals surface area contributed by atoms with E-state index in [1.54, 1.807) is 7.11 Å². The SMILES string of the molecule is COc1c(C)cc(Cl)c(C)c1/C=C/CN. The monoisotopic (exact) mass is 225 g/mol. The van der Waals surface area contributed by atoms with Crippen molar-refractivity contribution in [1.82, 2.24) is 0 Å². The average molecular weight is 226 g/mol. The molecule has 2 N–H and O–H groups in total. The number of ether oxygens (including phenoxy) is 1. The highest BCUT2D eigenvalue weighted by molar-refractivity contribution is 6.31. The first-order valence-corrected chi connectivity index (χ1v) is 5.20. The topological polar surface area (TPSA) is 35.2 Å². The van der Waals surface area contributed by atoms with Crippen LogP contribution in [0.25, 0.3) is 6.08 Å². The van der Waals surface area contributed by atoms with Gasteiger partial charge in [-0.2, -0.15) is 0 Å². The molecule has 0 aliphatic heterocycles. The van der Waals surface area contributed by atoms with Crippen LogP contribution in [0.1, 0.15) is 16.7 Å². The van der Waals surface area contributed by atoms with Crippen molar-refractivity contribution in [3.8, 4) is 5.75 Å². The Morgan fingerprint density at radius 3 is 2.67 bits per heavy atom. The second-order valence-corrected chi connectivity index (χ2v) is 3.79. The standard InChI is InChI=1S/C12H16ClNO/c1-8-7-11(13)9(2)10(5-4-6-14)12(8)15-3/h4-5,7H,6,14H2,1-3H3/b5-4+. The summed E-state index contributed by atoms with van der Waals surface area (Å²) in [6.45, 7) is 4.46. The molecule has 0 saturated heterocycles. The lowest BCUT2D eigenvalue weighted by Crippen LogP contribution is -1.96. The molecule has 0 amide bonds. The lowest BCUT2D eigenvalue weighted by atomic mass is 10.0. The maximum Gasteiger partial charge on any atom is 0.129 e. The summed E-state index contributed by atoms with van der Waals surface area (Å²) in [5.74, 6) is 0.863. The summed E-state index contributed by atoms with van der Waals surface area (Å²) in [7, 11) is 1.66. The van der Waals surface area contributed by atoms with E-state index in [4.69, 9.17) is 22.1 Å². The molecular weight excluding hydrogens is 210 g/mol. The summed E-state index contributed by atoms with van der Waals surface area (Å²) in [6, 6.07) is 1.91. The van der Waals surface area contributed by atoms with Crippen molar-refractivity contribution in [2.45, 2.75) is 13.8 Å². The van der Waals surface area contributed by atoms with Gasteiger partial charge in [0, 0.05) is 17.1 Å². The summed E-state index contributed by atoms with van der Waals surface area (Å²) in [5.41, 5.74) is 8.49. The highest BCUT2D eigenvalue weighted by Gasteiger charge is 2.10. The Balaban J connectivity index is 3.36. The van der Waals surface area contributed by atoms with Crippen LogP contribution in [-0.4, -0.2) is 13.7 Å². The van der Waals surface area contributed by atoms with E-state index >= 15 is 0 Å². The number of halogens is 1. The van der Waals surface area contributed by atoms with Crippen molar-refractivity contribution in [3.05, 3.63) is 33.9 Å². The molecular formula is C12H16ClNO. The minimum Gasteiger partial charge on any atom is -0.496 e. The third-order valence-electron chi connectivity index (χ3n) is 2.33. The van der Waals surface area contributed by atoms with Gasteiger partial charge in [0.15, 0.2) is 0 Å². The lowest BCUT2D eigenvalue weighted by Gasteiger charge is -2.12. The van der Waals surface area contributed by atoms with Crippen LogP contribution in [0.15, 0.2) is 12.1 Å². The van der Waals surface area contributed by atoms with Crippen LogP contribution in [0.2, 0.25) is 5.02 Å². The van der Waals surface area contributed by atoms with Gasteiger partial charge in [-0.05, 0) is 31.0 Å². The van der Waals surface area contributed by atoms with Crippen molar-refractivity contribution in [3.63, 3.8) is 0 Å². The molecule has 0 aliphatic rings. The minimum atomic E-state index is 0.508. The molecule has 0 unspecified atom stereocenters. The molecule has 0 heterocycles. The summed E-state index contributed by atoms with van der Waals surface area (Å²) in [4.78, 5) is 0. The van der Waals surface area contributed by atoms with E-state index < -0.39 is 0 Å². The Hall–Kier alpha value is -0.990. The van der Waals surface area contributed by atoms with E-state index in [9.17, 15) is 0 Å². The van der Waals surface area contributed by atoms with E-state index in [2.05, 4.69) is 0 Å². The number of hydrogen-bond acceptors (Lipinski definition) is 2. The summed E-state index contributed by atoms with van der Waals surface area (Å²) < 4.78 is 5.36. The molecule has 0 spiro atoms. The highest BCUT2D eigenvalue weighted by Crippen LogP contribution is 2.32. The van der Waals surface area contributed by atoms with E-state index in [0.717, 1.165) is 27.5 Å². The molecule has 0 atom stereocenters. The van der Waals surface area contributed by atoms with Gasteiger partial charge in [0.1, 0.15) is 5.75 Å². The Kier molecular flexibility index (Phi) is 4.18. The fraction of sp³-hybridized carbons (Fsp3) is 0.333. The Labute approximate surface area is 95.7 Å². The zero-order chi connectivity index (χ0) is 11.4. The van der Waals surface area contributed by atoms with Gasteiger partial charge in [0.2, 0.25) is 0 Å². The average Bonchev–Trinajstić information content (AvgIpc) is 2.21. The Bertz CT molecular complexity index is 386. The minimum absolute atomic E-state index is 0.508. The fourth-order valence-corrected chi connectivity index (χ4v) is 1.80. The van der Waals surface area contributed by atoms with E-state index in [0.29, 0.717) is 6.54 Å². The van der Waals surface area contributed by atoms with Crippen molar-refractivity contribution in [2.75, 3.05) is 13.7 Å². The van der Waals surface area contributed by atoms with Gasteiger partial charge in [-0.15, -0.1) is 0 Å². The number of nitrogens with two attached hydrogens (primary N) is 1. The maximum atomic E-state index is 6.11. The fourth-order valence-electron chi connectivity index (χ4n) is 1.53. The second kappa shape index (κ2) is 5.19. The molecule has 0 bridgehead atoms. The predicted octanol–water partition coefficient (Wildman–Crippen LogP) is 2.94. The molecule has 1 aromatic carbocycles. The van der Waals surface area contributed by atoms with Gasteiger partial charge >= 0.3 is 0 Å². The molecule has 0 aliphatic carbocycles. The number of benzene rings is 1. The number of rotatable bonds is 3. The summed E-state index contributed by atoms with van der Waals surface area (Å²) in [6.07, 6.45) is 3.84. The van der Waals surface area contributed by atoms with Gasteiger partial charge < -0.3 is 10.5 Å². The summed E-state index contributed by atoms with van der Waals surface area (Å²) in [5, 5.41) is 0.755. The second-order valence-electron chi connectivity index (χ2n) is 3.39. The zero-order valence-corrected chi connectivity index (χ0v) is 10.1. The van der Waals surface area contributed by atoms with E-state index in [1.807, 2.05) is 32.1 Å². The predicted molar refractivity (Wildman–Crippen MR) is 65.6 cm³/mol. The van der Waals surface area contributed by atoms with Crippen LogP contribution < -0.4 is 10.5 Å². The molecule has 82 valence electrons. The molecule has 2 nitrogen and oxygen atoms in total. The quantitative estimate of drug-likeness (QED) is 0.859. The normalized spacial score (nSPS) is 11.0. The number of aryl methyl sites for hydroxylation is 1. The maximum absolute atomic E-state index is 6.11. The molecule has 0 fully saturated rings. The van der Waals surface area contributed by atoms with Crippen molar-refractivity contribution in [1.29, 1.82) is 0 Å². The molecule has 0 radical (unpaired) electrons. The van der Waals surface area contributed by atoms with Crippen LogP contribution in [0.5, 0.6) is 5.75 Å². The third-order valence-corrected chi connectivity index (χ3v) is 2.73. The first-order chi connectivity index (χ1) is 7.11. The van der Waals surface area contributed by atoms with Crippen LogP contribution in [-0.2, 0) is 0 Å². The van der Waals surface area contributed by atoms with Crippen molar-refractivity contribution >= 4 is 17.7 Å². The molecule has 0 saturated carbocycles.